The van der Waals surface area contributed by atoms with Gasteiger partial charge >= 0.3 is 11.9 Å². The minimum atomic E-state index is -0.995. The molecule has 2 unspecified atom stereocenters. The summed E-state index contributed by atoms with van der Waals surface area (Å²) in [6.07, 6.45) is 4.18. The first-order valence-corrected chi connectivity index (χ1v) is 34.2. The van der Waals surface area contributed by atoms with Gasteiger partial charge in [-0.05, 0) is 217 Å². The topological polar surface area (TPSA) is 157 Å². The minimum absolute atomic E-state index is 0.0384. The number of carboxylic acid groups (broad SMARTS) is 2. The van der Waals surface area contributed by atoms with E-state index >= 15 is 0 Å². The van der Waals surface area contributed by atoms with Crippen LogP contribution in [0.2, 0.25) is 0 Å². The summed E-state index contributed by atoms with van der Waals surface area (Å²) >= 11 is 0. The lowest BCUT2D eigenvalue weighted by Crippen LogP contribution is -2.21. The lowest BCUT2D eigenvalue weighted by molar-refractivity contribution is -0.140. The van der Waals surface area contributed by atoms with Crippen LogP contribution in [0, 0.1) is 0 Å². The Morgan fingerprint density at radius 1 is 0.408 bits per heavy atom. The second-order valence-electron chi connectivity index (χ2n) is 27.8. The van der Waals surface area contributed by atoms with Gasteiger partial charge in [0.2, 0.25) is 0 Å². The maximum Gasteiger partial charge on any atom is 0.341 e. The van der Waals surface area contributed by atoms with Crippen molar-refractivity contribution < 1.29 is 53.0 Å². The first-order valence-electron chi connectivity index (χ1n) is 34.2. The fraction of sp³-hybridized carbons (Fsp3) is 0.393. The predicted octanol–water partition coefficient (Wildman–Crippen LogP) is 17.2. The number of carboxylic acids is 2. The third-order valence-corrected chi connectivity index (χ3v) is 16.9. The van der Waals surface area contributed by atoms with Crippen LogP contribution in [0.3, 0.4) is 0 Å². The van der Waals surface area contributed by atoms with E-state index in [-0.39, 0.29) is 36.6 Å². The number of nitrogens with zero attached hydrogens (tertiary/aromatic N) is 3. The number of aliphatic carboxylic acids is 2. The standard InChI is InChI=1S/C32H33NO4.C26H37NO4.C26H37NO3/c1-33(2)17-18-36-30-15-13-26(21-28(30)19-24-9-5-3-6-10-24)27-14-16-31(37-23-32(34)35)29(22-27)20-25-11-7-4-8-12-25;1-7-18(3)22-15-20(9-11-24(22)30-14-13-27(5)6)21-10-12-25(31-17-26(28)29)23(16-21)19(4)8-2;1-25(2,3)21-17-19(9-11-23(21)29-15-13-27(7)8)20-10-12-24(30-16-14-28)22(18-20)26(4,5)6/h3-16,21-22H,17-20,23H2,1-2H3,(H,34,35);9-12,15-16,18-19H,7-8,13-14,17H2,1-6H3,(H,28,29);9-12,14,17-18H,13,15-16H2,1-8H3. The number of carbonyl (C=O) groups is 3. The van der Waals surface area contributed by atoms with Crippen LogP contribution < -0.4 is 28.4 Å². The minimum Gasteiger partial charge on any atom is -0.492 e. The Morgan fingerprint density at radius 3 is 1.07 bits per heavy atom. The monoisotopic (exact) mass is 1330 g/mol. The molecule has 8 rings (SSSR count). The van der Waals surface area contributed by atoms with E-state index < -0.39 is 11.9 Å². The molecule has 0 aliphatic carbocycles. The summed E-state index contributed by atoms with van der Waals surface area (Å²) in [6.45, 7) is 25.7. The number of aldehydes is 1. The normalized spacial score (nSPS) is 12.0. The van der Waals surface area contributed by atoms with Crippen molar-refractivity contribution in [2.75, 3.05) is 102 Å². The quantitative estimate of drug-likeness (QED) is 0.0384. The zero-order chi connectivity index (χ0) is 71.5. The van der Waals surface area contributed by atoms with Gasteiger partial charge in [0.05, 0.1) is 0 Å². The van der Waals surface area contributed by atoms with Gasteiger partial charge in [0.15, 0.2) is 19.5 Å². The molecule has 0 amide bonds. The van der Waals surface area contributed by atoms with Gasteiger partial charge in [-0.25, -0.2) is 9.59 Å². The molecule has 0 saturated heterocycles. The van der Waals surface area contributed by atoms with E-state index in [1.54, 1.807) is 0 Å². The molecular formula is C84H107N3O11. The summed E-state index contributed by atoms with van der Waals surface area (Å²) in [7, 11) is 12.3. The third kappa shape index (κ3) is 24.9. The third-order valence-electron chi connectivity index (χ3n) is 16.9. The molecule has 2 N–H and O–H groups in total. The molecule has 0 fully saturated rings. The van der Waals surface area contributed by atoms with Gasteiger partial charge in [0.25, 0.3) is 0 Å². The highest BCUT2D eigenvalue weighted by Crippen LogP contribution is 2.41. The van der Waals surface area contributed by atoms with Crippen LogP contribution in [0.1, 0.15) is 138 Å². The summed E-state index contributed by atoms with van der Waals surface area (Å²) in [6, 6.07) is 57.8. The van der Waals surface area contributed by atoms with Gasteiger partial charge < -0.3 is 53.3 Å². The Bertz CT molecular complexity index is 3800. The van der Waals surface area contributed by atoms with Crippen molar-refractivity contribution in [2.24, 2.45) is 0 Å². The Kier molecular flexibility index (Phi) is 30.5. The van der Waals surface area contributed by atoms with Crippen molar-refractivity contribution in [3.05, 3.63) is 214 Å². The second kappa shape index (κ2) is 38.3. The Hall–Kier alpha value is -8.95. The summed E-state index contributed by atoms with van der Waals surface area (Å²) < 4.78 is 35.2. The molecule has 0 aliphatic rings. The van der Waals surface area contributed by atoms with E-state index in [0.29, 0.717) is 43.7 Å². The summed E-state index contributed by atoms with van der Waals surface area (Å²) in [5.41, 5.74) is 15.4. The van der Waals surface area contributed by atoms with Gasteiger partial charge in [0.1, 0.15) is 60.9 Å². The molecule has 0 aromatic heterocycles. The fourth-order valence-corrected chi connectivity index (χ4v) is 10.9. The van der Waals surface area contributed by atoms with E-state index in [1.807, 2.05) is 96.9 Å². The number of carbonyl (C=O) groups excluding carboxylic acids is 1. The van der Waals surface area contributed by atoms with Crippen molar-refractivity contribution >= 4 is 18.2 Å². The molecule has 524 valence electrons. The van der Waals surface area contributed by atoms with Crippen LogP contribution >= 0.6 is 0 Å². The molecule has 0 saturated carbocycles. The smallest absolute Gasteiger partial charge is 0.341 e. The highest BCUT2D eigenvalue weighted by Gasteiger charge is 2.24. The summed E-state index contributed by atoms with van der Waals surface area (Å²) in [5.74, 6) is 3.46. The SMILES string of the molecule is CCC(C)c1cc(-c2ccc(OCC(=O)O)c(C(C)CC)c2)ccc1OCCN(C)C.CN(C)CCOc1ccc(-c2ccc(OCC(=O)O)c(Cc3ccccc3)c2)cc1Cc1ccccc1.CN(C)CCOc1ccc(-c2ccc(OCC=O)c(C(C)(C)C)c2)cc1C(C)(C)C. The molecule has 0 radical (unpaired) electrons. The fourth-order valence-electron chi connectivity index (χ4n) is 10.9. The first kappa shape index (κ1) is 78.1. The first-order chi connectivity index (χ1) is 46.7. The predicted molar refractivity (Wildman–Crippen MR) is 399 cm³/mol. The Balaban J connectivity index is 0.000000234. The number of hydrogen-bond donors (Lipinski definition) is 2. The molecule has 98 heavy (non-hydrogen) atoms. The number of likely N-dealkylation sites (N-methyl/N-ethyl adjacent to an activating group) is 3. The van der Waals surface area contributed by atoms with Crippen molar-refractivity contribution in [2.45, 2.75) is 118 Å². The molecular weight excluding hydrogens is 1230 g/mol. The Morgan fingerprint density at radius 2 is 0.714 bits per heavy atom. The lowest BCUT2D eigenvalue weighted by Gasteiger charge is -2.25. The average molecular weight is 1330 g/mol. The molecule has 0 spiro atoms. The van der Waals surface area contributed by atoms with Crippen LogP contribution in [-0.2, 0) is 38.1 Å². The molecule has 0 aliphatic heterocycles. The van der Waals surface area contributed by atoms with Crippen molar-refractivity contribution in [1.82, 2.24) is 14.7 Å². The number of rotatable bonds is 32. The largest absolute Gasteiger partial charge is 0.492 e. The molecule has 8 aromatic carbocycles. The van der Waals surface area contributed by atoms with Gasteiger partial charge in [-0.1, -0.05) is 166 Å². The highest BCUT2D eigenvalue weighted by molar-refractivity contribution is 5.73. The van der Waals surface area contributed by atoms with Gasteiger partial charge in [0, 0.05) is 43.6 Å². The molecule has 0 bridgehead atoms. The van der Waals surface area contributed by atoms with Crippen LogP contribution in [0.25, 0.3) is 33.4 Å². The number of benzene rings is 8. The van der Waals surface area contributed by atoms with Crippen molar-refractivity contribution in [3.63, 3.8) is 0 Å². The molecule has 14 nitrogen and oxygen atoms in total. The number of ether oxygens (including phenoxy) is 6. The van der Waals surface area contributed by atoms with E-state index in [4.69, 9.17) is 38.6 Å². The molecule has 2 atom stereocenters. The van der Waals surface area contributed by atoms with E-state index in [2.05, 4.69) is 199 Å². The number of hydrogen-bond acceptors (Lipinski definition) is 12. The van der Waals surface area contributed by atoms with Gasteiger partial charge in [-0.15, -0.1) is 0 Å². The maximum atomic E-state index is 11.1. The second-order valence-corrected chi connectivity index (χ2v) is 27.8. The van der Waals surface area contributed by atoms with Crippen LogP contribution in [0.5, 0.6) is 34.5 Å². The molecule has 0 heterocycles. The zero-order valence-corrected chi connectivity index (χ0v) is 61.0. The summed E-state index contributed by atoms with van der Waals surface area (Å²) in [4.78, 5) is 39.2. The van der Waals surface area contributed by atoms with Crippen molar-refractivity contribution in [3.8, 4) is 67.9 Å². The van der Waals surface area contributed by atoms with Gasteiger partial charge in [-0.2, -0.15) is 0 Å². The van der Waals surface area contributed by atoms with Gasteiger partial charge in [-0.3, -0.25) is 4.79 Å². The Labute approximate surface area is 584 Å². The van der Waals surface area contributed by atoms with Crippen LogP contribution in [0.4, 0.5) is 0 Å². The van der Waals surface area contributed by atoms with E-state index in [1.165, 1.54) is 16.7 Å². The average Bonchev–Trinajstić information content (AvgIpc) is 0.802. The summed E-state index contributed by atoms with van der Waals surface area (Å²) in [5, 5.41) is 18.1. The van der Waals surface area contributed by atoms with E-state index in [0.717, 1.165) is 129 Å². The lowest BCUT2D eigenvalue weighted by atomic mass is 9.82. The highest BCUT2D eigenvalue weighted by atomic mass is 16.5. The van der Waals surface area contributed by atoms with E-state index in [9.17, 15) is 14.4 Å². The maximum absolute atomic E-state index is 11.1. The van der Waals surface area contributed by atoms with Crippen LogP contribution in [0.15, 0.2) is 170 Å². The molecule has 14 heteroatoms. The zero-order valence-electron chi connectivity index (χ0n) is 61.0. The van der Waals surface area contributed by atoms with Crippen molar-refractivity contribution in [1.29, 1.82) is 0 Å². The molecule has 8 aromatic rings. The van der Waals surface area contributed by atoms with Crippen LogP contribution in [-0.4, -0.2) is 145 Å².